The van der Waals surface area contributed by atoms with Gasteiger partial charge in [-0.2, -0.15) is 0 Å². The third kappa shape index (κ3) is 2.92. The average molecular weight is 183 g/mol. The fourth-order valence-corrected chi connectivity index (χ4v) is 1.74. The van der Waals surface area contributed by atoms with Crippen LogP contribution >= 0.6 is 0 Å². The zero-order chi connectivity index (χ0) is 9.68. The van der Waals surface area contributed by atoms with Gasteiger partial charge in [-0.25, -0.2) is 0 Å². The van der Waals surface area contributed by atoms with Crippen molar-refractivity contribution in [1.29, 1.82) is 0 Å². The summed E-state index contributed by atoms with van der Waals surface area (Å²) >= 11 is 0. The van der Waals surface area contributed by atoms with Crippen molar-refractivity contribution in [3.8, 4) is 0 Å². The topological polar surface area (TPSA) is 67.2 Å². The maximum atomic E-state index is 8.33. The molecule has 0 N–H and O–H groups in total. The number of azide groups is 1. The average Bonchev–Trinajstić information content (AvgIpc) is 2.44. The van der Waals surface area contributed by atoms with Crippen molar-refractivity contribution in [3.63, 3.8) is 0 Å². The highest BCUT2D eigenvalue weighted by Crippen LogP contribution is 2.32. The molecule has 0 heterocycles. The Morgan fingerprint density at radius 1 is 1.62 bits per heavy atom. The lowest BCUT2D eigenvalue weighted by Crippen LogP contribution is -2.21. The summed E-state index contributed by atoms with van der Waals surface area (Å²) in [7, 11) is 3.72. The maximum Gasteiger partial charge on any atom is 0.146 e. The van der Waals surface area contributed by atoms with Crippen LogP contribution in [0.25, 0.3) is 10.4 Å². The van der Waals surface area contributed by atoms with Crippen LogP contribution in [0.3, 0.4) is 0 Å². The molecular weight excluding hydrogens is 169 g/mol. The first-order valence-electron chi connectivity index (χ1n) is 4.42. The number of hydrogen-bond donors (Lipinski definition) is 0. The smallest absolute Gasteiger partial charge is 0.146 e. The highest BCUT2D eigenvalue weighted by Gasteiger charge is 2.31. The Morgan fingerprint density at radius 2 is 2.38 bits per heavy atom. The van der Waals surface area contributed by atoms with Crippen molar-refractivity contribution < 1.29 is 9.47 Å². The summed E-state index contributed by atoms with van der Waals surface area (Å²) in [6, 6.07) is -0.0184. The Bertz CT molecular complexity index is 208. The van der Waals surface area contributed by atoms with Gasteiger partial charge in [0.15, 0.2) is 0 Å². The largest absolute Gasteiger partial charge is 0.359 e. The molecule has 0 aromatic carbocycles. The standard InChI is InChI=1S/C7H14BN3O2/c1-12-4-13-7-3-5(8)2-6(7)10-11-9/h5-7H,2-4,8H2,1H3. The Morgan fingerprint density at radius 3 is 3.00 bits per heavy atom. The maximum absolute atomic E-state index is 8.33. The van der Waals surface area contributed by atoms with Crippen molar-refractivity contribution in [2.24, 2.45) is 5.11 Å². The Balaban J connectivity index is 2.45. The van der Waals surface area contributed by atoms with E-state index in [9.17, 15) is 0 Å². The molecule has 0 amide bonds. The lowest BCUT2D eigenvalue weighted by atomic mass is 9.86. The van der Waals surface area contributed by atoms with E-state index in [4.69, 9.17) is 15.0 Å². The summed E-state index contributed by atoms with van der Waals surface area (Å²) in [6.45, 7) is 0.273. The van der Waals surface area contributed by atoms with E-state index >= 15 is 0 Å². The van der Waals surface area contributed by atoms with E-state index in [1.54, 1.807) is 7.11 Å². The molecule has 0 radical (unpaired) electrons. The van der Waals surface area contributed by atoms with Crippen molar-refractivity contribution in [1.82, 2.24) is 0 Å². The molecule has 6 heteroatoms. The number of methoxy groups -OCH3 is 1. The number of nitrogens with zero attached hydrogens (tertiary/aromatic N) is 3. The summed E-state index contributed by atoms with van der Waals surface area (Å²) in [4.78, 5) is 2.81. The molecule has 0 spiro atoms. The zero-order valence-electron chi connectivity index (χ0n) is 8.01. The molecule has 3 atom stereocenters. The molecule has 13 heavy (non-hydrogen) atoms. The molecule has 0 bridgehead atoms. The van der Waals surface area contributed by atoms with E-state index in [0.717, 1.165) is 12.8 Å². The van der Waals surface area contributed by atoms with Crippen molar-refractivity contribution >= 4 is 7.85 Å². The lowest BCUT2D eigenvalue weighted by molar-refractivity contribution is -0.0731. The second-order valence-electron chi connectivity index (χ2n) is 3.46. The number of hydrogen-bond acceptors (Lipinski definition) is 3. The van der Waals surface area contributed by atoms with Crippen LogP contribution in [-0.4, -0.2) is 33.9 Å². The number of ether oxygens (including phenoxy) is 2. The van der Waals surface area contributed by atoms with Crippen LogP contribution in [0.4, 0.5) is 0 Å². The monoisotopic (exact) mass is 183 g/mol. The van der Waals surface area contributed by atoms with Gasteiger partial charge in [-0.1, -0.05) is 10.9 Å². The van der Waals surface area contributed by atoms with Gasteiger partial charge in [0.25, 0.3) is 0 Å². The minimum absolute atomic E-state index is 0.0184. The van der Waals surface area contributed by atoms with Gasteiger partial charge in [-0.05, 0) is 18.4 Å². The molecule has 72 valence electrons. The van der Waals surface area contributed by atoms with E-state index in [-0.39, 0.29) is 18.9 Å². The highest BCUT2D eigenvalue weighted by atomic mass is 16.7. The third-order valence-electron chi connectivity index (χ3n) is 2.31. The Labute approximate surface area is 78.4 Å². The fourth-order valence-electron chi connectivity index (χ4n) is 1.74. The van der Waals surface area contributed by atoms with Crippen molar-refractivity contribution in [2.75, 3.05) is 13.9 Å². The SMILES string of the molecule is BC1CC(N=[N+]=[N-])C(OCOC)C1. The molecule has 1 aliphatic rings. The third-order valence-corrected chi connectivity index (χ3v) is 2.31. The molecule has 5 nitrogen and oxygen atoms in total. The van der Waals surface area contributed by atoms with Gasteiger partial charge in [-0.15, -0.1) is 0 Å². The zero-order valence-corrected chi connectivity index (χ0v) is 8.01. The second-order valence-corrected chi connectivity index (χ2v) is 3.46. The molecule has 3 unspecified atom stereocenters. The van der Waals surface area contributed by atoms with E-state index in [1.165, 1.54) is 0 Å². The van der Waals surface area contributed by atoms with Crippen molar-refractivity contribution in [2.45, 2.75) is 30.8 Å². The molecule has 1 aliphatic carbocycles. The second kappa shape index (κ2) is 5.12. The van der Waals surface area contributed by atoms with E-state index in [1.807, 2.05) is 0 Å². The van der Waals surface area contributed by atoms with Gasteiger partial charge in [0.05, 0.1) is 12.1 Å². The molecule has 0 aromatic heterocycles. The minimum atomic E-state index is -0.0184. The van der Waals surface area contributed by atoms with Gasteiger partial charge in [0.2, 0.25) is 0 Å². The number of rotatable bonds is 4. The molecule has 1 fully saturated rings. The molecule has 0 aromatic rings. The predicted molar refractivity (Wildman–Crippen MR) is 51.2 cm³/mol. The molecular formula is C7H14BN3O2. The first-order valence-corrected chi connectivity index (χ1v) is 4.42. The van der Waals surface area contributed by atoms with Gasteiger partial charge >= 0.3 is 0 Å². The summed E-state index contributed by atoms with van der Waals surface area (Å²) in [5.74, 6) is 0.567. The van der Waals surface area contributed by atoms with Gasteiger partial charge in [0, 0.05) is 12.0 Å². The molecule has 0 saturated heterocycles. The lowest BCUT2D eigenvalue weighted by Gasteiger charge is -2.14. The summed E-state index contributed by atoms with van der Waals surface area (Å²) in [5, 5.41) is 3.71. The van der Waals surface area contributed by atoms with Crippen LogP contribution in [-0.2, 0) is 9.47 Å². The van der Waals surface area contributed by atoms with Gasteiger partial charge in [0.1, 0.15) is 14.6 Å². The predicted octanol–water partition coefficient (Wildman–Crippen LogP) is 0.870. The summed E-state index contributed by atoms with van der Waals surface area (Å²) < 4.78 is 10.2. The fraction of sp³-hybridized carbons (Fsp3) is 1.00. The molecule has 1 rings (SSSR count). The highest BCUT2D eigenvalue weighted by molar-refractivity contribution is 6.11. The van der Waals surface area contributed by atoms with Crippen LogP contribution in [0.1, 0.15) is 12.8 Å². The van der Waals surface area contributed by atoms with Crippen LogP contribution in [0, 0.1) is 0 Å². The minimum Gasteiger partial charge on any atom is -0.359 e. The Kier molecular flexibility index (Phi) is 4.08. The van der Waals surface area contributed by atoms with E-state index in [0.29, 0.717) is 5.82 Å². The van der Waals surface area contributed by atoms with E-state index < -0.39 is 0 Å². The molecule has 0 aliphatic heterocycles. The summed E-state index contributed by atoms with van der Waals surface area (Å²) in [6.07, 6.45) is 1.90. The quantitative estimate of drug-likeness (QED) is 0.213. The Hall–Kier alpha value is -0.705. The van der Waals surface area contributed by atoms with Crippen LogP contribution in [0.15, 0.2) is 5.11 Å². The normalized spacial score (nSPS) is 32.8. The van der Waals surface area contributed by atoms with Gasteiger partial charge < -0.3 is 9.47 Å². The van der Waals surface area contributed by atoms with E-state index in [2.05, 4.69) is 17.9 Å². The first-order chi connectivity index (χ1) is 6.27. The summed E-state index contributed by atoms with van der Waals surface area (Å²) in [5.41, 5.74) is 8.33. The first kappa shape index (κ1) is 10.4. The van der Waals surface area contributed by atoms with Gasteiger partial charge in [-0.3, -0.25) is 0 Å². The molecule has 1 saturated carbocycles. The van der Waals surface area contributed by atoms with Crippen LogP contribution in [0.5, 0.6) is 0 Å². The van der Waals surface area contributed by atoms with Crippen LogP contribution in [0.2, 0.25) is 5.82 Å². The van der Waals surface area contributed by atoms with Crippen LogP contribution < -0.4 is 0 Å². The van der Waals surface area contributed by atoms with Crippen molar-refractivity contribution in [3.05, 3.63) is 10.4 Å².